The van der Waals surface area contributed by atoms with Crippen LogP contribution in [0.1, 0.15) is 53.4 Å². The summed E-state index contributed by atoms with van der Waals surface area (Å²) in [7, 11) is 0. The molecule has 0 aromatic rings. The van der Waals surface area contributed by atoms with Crippen molar-refractivity contribution in [2.24, 2.45) is 0 Å². The molecule has 2 rings (SSSR count). The van der Waals surface area contributed by atoms with Crippen molar-refractivity contribution in [1.29, 1.82) is 0 Å². The van der Waals surface area contributed by atoms with E-state index in [1.807, 2.05) is 27.7 Å². The Kier molecular flexibility index (Phi) is 7.23. The predicted octanol–water partition coefficient (Wildman–Crippen LogP) is 1.49. The first-order valence-corrected chi connectivity index (χ1v) is 9.65. The van der Waals surface area contributed by atoms with Gasteiger partial charge in [-0.25, -0.2) is 0 Å². The van der Waals surface area contributed by atoms with E-state index in [0.717, 1.165) is 0 Å². The van der Waals surface area contributed by atoms with Crippen molar-refractivity contribution in [1.82, 2.24) is 0 Å². The third kappa shape index (κ3) is 3.99. The lowest BCUT2D eigenvalue weighted by molar-refractivity contribution is -0.207. The topological polar surface area (TPSA) is 97.6 Å². The van der Waals surface area contributed by atoms with E-state index >= 15 is 0 Å². The Balaban J connectivity index is 2.15. The average Bonchev–Trinajstić information content (AvgIpc) is 3.29. The molecule has 2 aliphatic heterocycles. The number of hydrogen-bond donors (Lipinski definition) is 3. The molecule has 7 heteroatoms. The van der Waals surface area contributed by atoms with Crippen molar-refractivity contribution >= 4 is 0 Å². The van der Waals surface area contributed by atoms with Crippen LogP contribution in [0.4, 0.5) is 0 Å². The van der Waals surface area contributed by atoms with Crippen LogP contribution < -0.4 is 0 Å². The first kappa shape index (κ1) is 21.8. The fourth-order valence-corrected chi connectivity index (χ4v) is 3.68. The number of ether oxygens (including phenoxy) is 4. The summed E-state index contributed by atoms with van der Waals surface area (Å²) in [5.41, 5.74) is 0. The van der Waals surface area contributed by atoms with Gasteiger partial charge in [0.1, 0.15) is 36.6 Å². The minimum atomic E-state index is -1.30. The zero-order valence-corrected chi connectivity index (χ0v) is 16.3. The SMILES string of the molecule is C=C[C@H](O)[C@@H]1OC(CC)(CC)O[C@@H]1[C@@H](O)[C@H](O)[C@H]1COC(CC)(CC)O1. The molecule has 2 fully saturated rings. The Morgan fingerprint density at radius 1 is 0.885 bits per heavy atom. The Labute approximate surface area is 155 Å². The van der Waals surface area contributed by atoms with Gasteiger partial charge in [0.2, 0.25) is 0 Å². The number of aliphatic hydroxyl groups is 3. The van der Waals surface area contributed by atoms with Gasteiger partial charge in [-0.3, -0.25) is 0 Å². The molecule has 0 saturated carbocycles. The second-order valence-corrected chi connectivity index (χ2v) is 7.08. The minimum absolute atomic E-state index is 0.189. The maximum absolute atomic E-state index is 10.8. The molecule has 0 unspecified atom stereocenters. The van der Waals surface area contributed by atoms with Crippen molar-refractivity contribution in [2.45, 2.75) is 102 Å². The third-order valence-corrected chi connectivity index (χ3v) is 5.70. The lowest BCUT2D eigenvalue weighted by Gasteiger charge is -2.31. The molecular formula is C19H34O7. The van der Waals surface area contributed by atoms with Gasteiger partial charge in [-0.1, -0.05) is 33.8 Å². The Hall–Kier alpha value is -0.540. The van der Waals surface area contributed by atoms with Crippen molar-refractivity contribution < 1.29 is 34.3 Å². The van der Waals surface area contributed by atoms with Crippen LogP contribution in [-0.4, -0.2) is 70.1 Å². The highest BCUT2D eigenvalue weighted by atomic mass is 16.8. The molecule has 0 aliphatic carbocycles. The summed E-state index contributed by atoms with van der Waals surface area (Å²) >= 11 is 0. The van der Waals surface area contributed by atoms with Crippen molar-refractivity contribution in [3.8, 4) is 0 Å². The fraction of sp³-hybridized carbons (Fsp3) is 0.895. The van der Waals surface area contributed by atoms with Gasteiger partial charge in [-0.05, 0) is 25.7 Å². The third-order valence-electron chi connectivity index (χ3n) is 5.70. The van der Waals surface area contributed by atoms with E-state index < -0.39 is 48.2 Å². The molecule has 3 N–H and O–H groups in total. The van der Waals surface area contributed by atoms with Crippen LogP contribution in [0.3, 0.4) is 0 Å². The lowest BCUT2D eigenvalue weighted by atomic mass is 9.96. The van der Waals surface area contributed by atoms with Crippen LogP contribution in [0.2, 0.25) is 0 Å². The van der Waals surface area contributed by atoms with Crippen LogP contribution in [0.5, 0.6) is 0 Å². The van der Waals surface area contributed by atoms with Crippen LogP contribution in [0, 0.1) is 0 Å². The highest BCUT2D eigenvalue weighted by molar-refractivity contribution is 5.01. The first-order chi connectivity index (χ1) is 12.3. The second-order valence-electron chi connectivity index (χ2n) is 7.08. The first-order valence-electron chi connectivity index (χ1n) is 9.65. The molecule has 0 aromatic carbocycles. The normalized spacial score (nSPS) is 33.7. The summed E-state index contributed by atoms with van der Waals surface area (Å²) in [5.74, 6) is -1.63. The highest BCUT2D eigenvalue weighted by Crippen LogP contribution is 2.39. The Morgan fingerprint density at radius 3 is 1.88 bits per heavy atom. The van der Waals surface area contributed by atoms with E-state index in [9.17, 15) is 15.3 Å². The molecule has 152 valence electrons. The Morgan fingerprint density at radius 2 is 1.42 bits per heavy atom. The fourth-order valence-electron chi connectivity index (χ4n) is 3.68. The van der Waals surface area contributed by atoms with E-state index in [4.69, 9.17) is 18.9 Å². The van der Waals surface area contributed by atoms with E-state index in [-0.39, 0.29) is 6.61 Å². The average molecular weight is 374 g/mol. The molecule has 0 amide bonds. The summed E-state index contributed by atoms with van der Waals surface area (Å²) in [6.07, 6.45) is -2.18. The van der Waals surface area contributed by atoms with Crippen LogP contribution >= 0.6 is 0 Å². The summed E-state index contributed by atoms with van der Waals surface area (Å²) in [6, 6.07) is 0. The summed E-state index contributed by atoms with van der Waals surface area (Å²) in [6.45, 7) is 11.5. The molecule has 0 aromatic heterocycles. The zero-order valence-electron chi connectivity index (χ0n) is 16.3. The number of aliphatic hydroxyl groups excluding tert-OH is 3. The van der Waals surface area contributed by atoms with E-state index in [1.54, 1.807) is 0 Å². The van der Waals surface area contributed by atoms with Gasteiger partial charge in [-0.2, -0.15) is 0 Å². The maximum Gasteiger partial charge on any atom is 0.169 e. The minimum Gasteiger partial charge on any atom is -0.387 e. The second kappa shape index (κ2) is 8.65. The molecule has 2 aliphatic rings. The number of hydrogen-bond acceptors (Lipinski definition) is 7. The van der Waals surface area contributed by atoms with Crippen LogP contribution in [0.15, 0.2) is 12.7 Å². The van der Waals surface area contributed by atoms with E-state index in [1.165, 1.54) is 6.08 Å². The van der Waals surface area contributed by atoms with Crippen LogP contribution in [-0.2, 0) is 18.9 Å². The molecule has 2 heterocycles. The van der Waals surface area contributed by atoms with Crippen molar-refractivity contribution in [3.63, 3.8) is 0 Å². The zero-order chi connectivity index (χ0) is 19.5. The molecule has 0 radical (unpaired) electrons. The van der Waals surface area contributed by atoms with Gasteiger partial charge in [0.05, 0.1) is 6.61 Å². The number of rotatable bonds is 9. The summed E-state index contributed by atoms with van der Waals surface area (Å²) in [5, 5.41) is 31.7. The van der Waals surface area contributed by atoms with E-state index in [2.05, 4.69) is 6.58 Å². The molecular weight excluding hydrogens is 340 g/mol. The van der Waals surface area contributed by atoms with Crippen LogP contribution in [0.25, 0.3) is 0 Å². The molecule has 7 nitrogen and oxygen atoms in total. The van der Waals surface area contributed by atoms with E-state index in [0.29, 0.717) is 25.7 Å². The summed E-state index contributed by atoms with van der Waals surface area (Å²) in [4.78, 5) is 0. The molecule has 26 heavy (non-hydrogen) atoms. The smallest absolute Gasteiger partial charge is 0.169 e. The predicted molar refractivity (Wildman–Crippen MR) is 95.4 cm³/mol. The molecule has 6 atom stereocenters. The monoisotopic (exact) mass is 374 g/mol. The Bertz CT molecular complexity index is 461. The lowest BCUT2D eigenvalue weighted by Crippen LogP contribution is -2.51. The summed E-state index contributed by atoms with van der Waals surface area (Å²) < 4.78 is 23.6. The van der Waals surface area contributed by atoms with Gasteiger partial charge in [0.15, 0.2) is 11.6 Å². The standard InChI is InChI=1S/C19H34O7/c1-6-12(20)16-17(26-19(9-4,10-5)25-16)15(22)14(21)13-11-23-18(7-2,8-3)24-13/h6,12-17,20-22H,1,7-11H2,2-5H3/t12-,13+,14+,15-,16-,17+/m0/s1. The van der Waals surface area contributed by atoms with Gasteiger partial charge >= 0.3 is 0 Å². The van der Waals surface area contributed by atoms with Gasteiger partial charge in [-0.15, -0.1) is 6.58 Å². The van der Waals surface area contributed by atoms with Crippen molar-refractivity contribution in [2.75, 3.05) is 6.61 Å². The molecule has 0 spiro atoms. The molecule has 0 bridgehead atoms. The quantitative estimate of drug-likeness (QED) is 0.526. The largest absolute Gasteiger partial charge is 0.387 e. The van der Waals surface area contributed by atoms with Gasteiger partial charge in [0.25, 0.3) is 0 Å². The molecule has 2 saturated heterocycles. The van der Waals surface area contributed by atoms with Gasteiger partial charge < -0.3 is 34.3 Å². The van der Waals surface area contributed by atoms with Gasteiger partial charge in [0, 0.05) is 0 Å². The maximum atomic E-state index is 10.8. The van der Waals surface area contributed by atoms with Crippen molar-refractivity contribution in [3.05, 3.63) is 12.7 Å². The highest BCUT2D eigenvalue weighted by Gasteiger charge is 2.53.